The molecule has 78 valence electrons. The molecular weight excluding hydrogens is 186 g/mol. The first-order valence-corrected chi connectivity index (χ1v) is 3.04. The molecule has 0 aromatic carbocycles. The lowest BCUT2D eigenvalue weighted by Gasteiger charge is -1.98. The Kier molecular flexibility index (Phi) is 19.4. The highest BCUT2D eigenvalue weighted by Crippen LogP contribution is 2.18. The molecule has 0 bridgehead atoms. The first kappa shape index (κ1) is 17.6. The van der Waals surface area contributed by atoms with Crippen LogP contribution in [0.5, 0.6) is 0 Å². The van der Waals surface area contributed by atoms with E-state index in [2.05, 4.69) is 0 Å². The first-order valence-electron chi connectivity index (χ1n) is 3.04. The topological polar surface area (TPSA) is 0 Å². The van der Waals surface area contributed by atoms with Crippen molar-refractivity contribution in [3.05, 3.63) is 0 Å². The van der Waals surface area contributed by atoms with E-state index >= 15 is 0 Å². The molecule has 12 heavy (non-hydrogen) atoms. The van der Waals surface area contributed by atoms with Gasteiger partial charge in [-0.1, -0.05) is 0 Å². The number of hydrogen-bond donors (Lipinski definition) is 0. The molecular formula is C6H12F6. The lowest BCUT2D eigenvalue weighted by atomic mass is 10.5. The zero-order valence-electron chi connectivity index (χ0n) is 6.89. The third-order valence-corrected chi connectivity index (χ3v) is 0.378. The fourth-order valence-electron chi connectivity index (χ4n) is 0.107. The van der Waals surface area contributed by atoms with Gasteiger partial charge in [0.15, 0.2) is 0 Å². The smallest absolute Gasteiger partial charge is 0.255 e. The van der Waals surface area contributed by atoms with Gasteiger partial charge in [0.2, 0.25) is 0 Å². The quantitative estimate of drug-likeness (QED) is 0.566. The molecule has 0 nitrogen and oxygen atoms in total. The molecule has 0 aromatic heterocycles. The Morgan fingerprint density at radius 2 is 1.25 bits per heavy atom. The summed E-state index contributed by atoms with van der Waals surface area (Å²) in [5.41, 5.74) is 0. The predicted molar refractivity (Wildman–Crippen MR) is 35.3 cm³/mol. The minimum Gasteiger partial charge on any atom is -0.255 e. The Bertz CT molecular complexity index is 59.5. The Hall–Kier alpha value is -0.420. The summed E-state index contributed by atoms with van der Waals surface area (Å²) in [4.78, 5) is 0. The maximum Gasteiger partial charge on any atom is 0.391 e. The monoisotopic (exact) mass is 198 g/mol. The Morgan fingerprint density at radius 1 is 1.00 bits per heavy atom. The maximum atomic E-state index is 10.8. The van der Waals surface area contributed by atoms with Crippen LogP contribution < -0.4 is 0 Å². The van der Waals surface area contributed by atoms with E-state index < -0.39 is 19.3 Å². The molecule has 0 rings (SSSR count). The summed E-state index contributed by atoms with van der Waals surface area (Å²) >= 11 is 0. The SMILES string of the molecule is CCF.CF.FCCC(F)(F)F. The fraction of sp³-hybridized carbons (Fsp3) is 1.00. The standard InChI is InChI=1S/C3H4F4.C2H5F.CH3F/c4-2-1-3(5,6)7;1-2-3;1-2/h1-2H2;2H2,1H3;1H3. The predicted octanol–water partition coefficient (Wildman–Crippen LogP) is 3.47. The van der Waals surface area contributed by atoms with E-state index in [-0.39, 0.29) is 6.67 Å². The van der Waals surface area contributed by atoms with Crippen LogP contribution in [0.2, 0.25) is 0 Å². The van der Waals surface area contributed by atoms with Crippen molar-refractivity contribution in [2.75, 3.05) is 20.5 Å². The Balaban J connectivity index is -0.000000137. The van der Waals surface area contributed by atoms with Crippen molar-refractivity contribution in [1.82, 2.24) is 0 Å². The summed E-state index contributed by atoms with van der Waals surface area (Å²) in [5, 5.41) is 0. The molecule has 0 saturated carbocycles. The van der Waals surface area contributed by atoms with Gasteiger partial charge in [-0.25, -0.2) is 0 Å². The number of alkyl halides is 6. The van der Waals surface area contributed by atoms with Gasteiger partial charge < -0.3 is 0 Å². The van der Waals surface area contributed by atoms with Gasteiger partial charge in [0, 0.05) is 0 Å². The number of hydrogen-bond acceptors (Lipinski definition) is 0. The normalized spacial score (nSPS) is 9.00. The molecule has 0 aliphatic carbocycles. The van der Waals surface area contributed by atoms with Crippen LogP contribution in [0.25, 0.3) is 0 Å². The van der Waals surface area contributed by atoms with Gasteiger partial charge in [0.25, 0.3) is 0 Å². The highest BCUT2D eigenvalue weighted by atomic mass is 19.4. The zero-order valence-corrected chi connectivity index (χ0v) is 6.89. The van der Waals surface area contributed by atoms with E-state index in [9.17, 15) is 26.3 Å². The molecule has 0 aromatic rings. The second-order valence-electron chi connectivity index (χ2n) is 1.32. The van der Waals surface area contributed by atoms with E-state index in [0.29, 0.717) is 7.18 Å². The van der Waals surface area contributed by atoms with Crippen molar-refractivity contribution in [2.24, 2.45) is 0 Å². The zero-order chi connectivity index (χ0) is 10.6. The number of halogens is 6. The fourth-order valence-corrected chi connectivity index (χ4v) is 0.107. The summed E-state index contributed by atoms with van der Waals surface area (Å²) in [6.45, 7) is -0.108. The second kappa shape index (κ2) is 13.2. The van der Waals surface area contributed by atoms with E-state index in [1.165, 1.54) is 6.92 Å². The molecule has 0 unspecified atom stereocenters. The Morgan fingerprint density at radius 3 is 1.25 bits per heavy atom. The van der Waals surface area contributed by atoms with Crippen molar-refractivity contribution in [1.29, 1.82) is 0 Å². The van der Waals surface area contributed by atoms with Crippen LogP contribution in [-0.4, -0.2) is 26.7 Å². The molecule has 0 radical (unpaired) electrons. The van der Waals surface area contributed by atoms with Gasteiger partial charge in [-0.15, -0.1) is 0 Å². The molecule has 0 aliphatic rings. The summed E-state index contributed by atoms with van der Waals surface area (Å²) in [6.07, 6.45) is -5.65. The van der Waals surface area contributed by atoms with Gasteiger partial charge in [-0.3, -0.25) is 13.2 Å². The number of rotatable bonds is 1. The molecule has 0 aliphatic heterocycles. The van der Waals surface area contributed by atoms with Crippen LogP contribution in [0.4, 0.5) is 26.3 Å². The van der Waals surface area contributed by atoms with E-state index in [1.54, 1.807) is 0 Å². The molecule has 0 spiro atoms. The van der Waals surface area contributed by atoms with E-state index in [4.69, 9.17) is 0 Å². The van der Waals surface area contributed by atoms with E-state index in [0.717, 1.165) is 0 Å². The average Bonchev–Trinajstić information content (AvgIpc) is 1.91. The highest BCUT2D eigenvalue weighted by molar-refractivity contribution is 4.45. The minimum absolute atomic E-state index is 0.250. The lowest BCUT2D eigenvalue weighted by molar-refractivity contribution is -0.136. The molecule has 0 amide bonds. The summed E-state index contributed by atoms with van der Waals surface area (Å²) in [7, 11) is 0.500. The van der Waals surface area contributed by atoms with E-state index in [1.807, 2.05) is 0 Å². The molecule has 0 atom stereocenters. The third kappa shape index (κ3) is 55.0. The first-order chi connectivity index (χ1) is 5.47. The second-order valence-corrected chi connectivity index (χ2v) is 1.32. The van der Waals surface area contributed by atoms with Gasteiger partial charge in [-0.05, 0) is 6.92 Å². The van der Waals surface area contributed by atoms with Crippen LogP contribution in [0.15, 0.2) is 0 Å². The Labute approximate surface area is 67.6 Å². The molecule has 6 heteroatoms. The molecule has 0 fully saturated rings. The van der Waals surface area contributed by atoms with Crippen molar-refractivity contribution in [3.8, 4) is 0 Å². The van der Waals surface area contributed by atoms with Crippen molar-refractivity contribution >= 4 is 0 Å². The molecule has 0 heterocycles. The van der Waals surface area contributed by atoms with Crippen molar-refractivity contribution in [3.63, 3.8) is 0 Å². The van der Waals surface area contributed by atoms with Crippen molar-refractivity contribution in [2.45, 2.75) is 19.5 Å². The average molecular weight is 198 g/mol. The summed E-state index contributed by atoms with van der Waals surface area (Å²) in [6, 6.07) is 0. The minimum atomic E-state index is -4.32. The molecule has 0 N–H and O–H groups in total. The molecule has 0 saturated heterocycles. The van der Waals surface area contributed by atoms with Crippen LogP contribution in [0, 0.1) is 0 Å². The van der Waals surface area contributed by atoms with Crippen LogP contribution in [0.3, 0.4) is 0 Å². The van der Waals surface area contributed by atoms with Crippen LogP contribution in [0.1, 0.15) is 13.3 Å². The van der Waals surface area contributed by atoms with Gasteiger partial charge in [0.1, 0.15) is 0 Å². The maximum absolute atomic E-state index is 10.8. The van der Waals surface area contributed by atoms with Crippen LogP contribution in [-0.2, 0) is 0 Å². The van der Waals surface area contributed by atoms with Crippen LogP contribution >= 0.6 is 0 Å². The summed E-state index contributed by atoms with van der Waals surface area (Å²) < 4.78 is 63.0. The van der Waals surface area contributed by atoms with Crippen molar-refractivity contribution < 1.29 is 26.3 Å². The lowest BCUT2D eigenvalue weighted by Crippen LogP contribution is -2.07. The highest BCUT2D eigenvalue weighted by Gasteiger charge is 2.25. The van der Waals surface area contributed by atoms with Gasteiger partial charge in [-0.2, -0.15) is 13.2 Å². The third-order valence-electron chi connectivity index (χ3n) is 0.378. The summed E-state index contributed by atoms with van der Waals surface area (Å²) in [5.74, 6) is 0. The largest absolute Gasteiger partial charge is 0.391 e. The van der Waals surface area contributed by atoms with Gasteiger partial charge >= 0.3 is 6.18 Å². The van der Waals surface area contributed by atoms with Gasteiger partial charge in [0.05, 0.1) is 26.9 Å².